The number of aliphatic hydroxyl groups is 5. The second-order valence-corrected chi connectivity index (χ2v) is 6.21. The fraction of sp³-hybridized carbons (Fsp3) is 0.250. The zero-order chi connectivity index (χ0) is 20.9. The van der Waals surface area contributed by atoms with E-state index in [1.54, 1.807) is 12.1 Å². The largest absolute Gasteiger partial charge is 0.387 e. The van der Waals surface area contributed by atoms with Gasteiger partial charge in [-0.05, 0) is 0 Å². The van der Waals surface area contributed by atoms with Gasteiger partial charge >= 0.3 is 0 Å². The van der Waals surface area contributed by atoms with Gasteiger partial charge in [-0.3, -0.25) is 9.59 Å². The first-order chi connectivity index (χ1) is 13.2. The van der Waals surface area contributed by atoms with E-state index < -0.39 is 41.6 Å². The van der Waals surface area contributed by atoms with Crippen molar-refractivity contribution in [2.24, 2.45) is 0 Å². The first kappa shape index (κ1) is 21.5. The first-order valence-electron chi connectivity index (χ1n) is 8.34. The van der Waals surface area contributed by atoms with E-state index in [9.17, 15) is 39.9 Å². The van der Waals surface area contributed by atoms with Crippen LogP contribution in [0.25, 0.3) is 0 Å². The van der Waals surface area contributed by atoms with E-state index in [2.05, 4.69) is 0 Å². The van der Waals surface area contributed by atoms with Gasteiger partial charge in [0.15, 0.2) is 6.29 Å². The van der Waals surface area contributed by atoms with Gasteiger partial charge in [-0.2, -0.15) is 0 Å². The Morgan fingerprint density at radius 3 is 1.50 bits per heavy atom. The topological polar surface area (TPSA) is 152 Å². The van der Waals surface area contributed by atoms with Gasteiger partial charge in [0, 0.05) is 11.1 Å². The molecule has 148 valence electrons. The Kier molecular flexibility index (Phi) is 6.90. The third-order valence-corrected chi connectivity index (χ3v) is 4.36. The lowest BCUT2D eigenvalue weighted by Crippen LogP contribution is -2.63. The van der Waals surface area contributed by atoms with E-state index >= 15 is 0 Å². The third-order valence-electron chi connectivity index (χ3n) is 4.36. The summed E-state index contributed by atoms with van der Waals surface area (Å²) in [5.74, 6) is -2.44. The summed E-state index contributed by atoms with van der Waals surface area (Å²) in [6.45, 7) is 0. The predicted molar refractivity (Wildman–Crippen MR) is 96.6 cm³/mol. The highest BCUT2D eigenvalue weighted by molar-refractivity contribution is 6.23. The van der Waals surface area contributed by atoms with Crippen LogP contribution < -0.4 is 0 Å². The van der Waals surface area contributed by atoms with Gasteiger partial charge in [-0.15, -0.1) is 0 Å². The smallest absolute Gasteiger partial charge is 0.219 e. The van der Waals surface area contributed by atoms with Crippen LogP contribution in [0.15, 0.2) is 60.7 Å². The molecule has 2 aromatic carbocycles. The van der Waals surface area contributed by atoms with Gasteiger partial charge < -0.3 is 30.3 Å². The number of rotatable bonds is 9. The Bertz CT molecular complexity index is 769. The minimum absolute atomic E-state index is 0.0995. The van der Waals surface area contributed by atoms with Crippen LogP contribution in [-0.4, -0.2) is 73.4 Å². The van der Waals surface area contributed by atoms with Crippen LogP contribution in [0.1, 0.15) is 20.7 Å². The van der Waals surface area contributed by atoms with Crippen molar-refractivity contribution in [2.45, 2.75) is 30.0 Å². The van der Waals surface area contributed by atoms with Crippen molar-refractivity contribution in [1.29, 1.82) is 0 Å². The summed E-state index contributed by atoms with van der Waals surface area (Å²) in [5.41, 5.74) is -3.46. The van der Waals surface area contributed by atoms with E-state index in [-0.39, 0.29) is 17.4 Å². The number of hydrogen-bond acceptors (Lipinski definition) is 8. The molecular weight excluding hydrogens is 368 g/mol. The van der Waals surface area contributed by atoms with E-state index in [1.807, 2.05) is 0 Å². The fourth-order valence-electron chi connectivity index (χ4n) is 2.71. The minimum Gasteiger partial charge on any atom is -0.387 e. The number of benzene rings is 2. The maximum Gasteiger partial charge on any atom is 0.219 e. The molecule has 0 aliphatic carbocycles. The maximum atomic E-state index is 12.9. The van der Waals surface area contributed by atoms with E-state index in [0.717, 1.165) is 0 Å². The lowest BCUT2D eigenvalue weighted by atomic mass is 9.78. The summed E-state index contributed by atoms with van der Waals surface area (Å²) in [6.07, 6.45) is -9.38. The molecule has 0 aromatic heterocycles. The molecule has 2 rings (SSSR count). The molecule has 2 aromatic rings. The molecule has 4 atom stereocenters. The molecule has 0 amide bonds. The van der Waals surface area contributed by atoms with Gasteiger partial charge in [-0.25, -0.2) is 0 Å². The quantitative estimate of drug-likeness (QED) is 0.211. The molecule has 0 spiro atoms. The highest BCUT2D eigenvalue weighted by atomic mass is 16.4. The van der Waals surface area contributed by atoms with Crippen molar-refractivity contribution in [3.05, 3.63) is 71.8 Å². The molecule has 0 saturated heterocycles. The van der Waals surface area contributed by atoms with Crippen LogP contribution in [0.5, 0.6) is 0 Å². The van der Waals surface area contributed by atoms with Crippen molar-refractivity contribution in [2.75, 3.05) is 0 Å². The summed E-state index contributed by atoms with van der Waals surface area (Å²) < 4.78 is 0. The predicted octanol–water partition coefficient (Wildman–Crippen LogP) is -0.874. The van der Waals surface area contributed by atoms with Gasteiger partial charge in [0.1, 0.15) is 24.4 Å². The molecule has 8 heteroatoms. The molecule has 28 heavy (non-hydrogen) atoms. The monoisotopic (exact) mass is 388 g/mol. The maximum absolute atomic E-state index is 12.9. The zero-order valence-electron chi connectivity index (χ0n) is 14.6. The van der Waals surface area contributed by atoms with Crippen molar-refractivity contribution in [3.8, 4) is 0 Å². The fourth-order valence-corrected chi connectivity index (χ4v) is 2.71. The molecule has 0 fully saturated rings. The van der Waals surface area contributed by atoms with Crippen LogP contribution in [-0.2, 0) is 4.79 Å². The number of aliphatic hydroxyl groups excluding tert-OH is 4. The molecule has 0 heterocycles. The standard InChI is InChI=1S/C20H20O8/c21-11-14(22)15(23)16(24)19(27)20(28,17(25)12-7-3-1-4-8-12)18(26)13-9-5-2-6-10-13/h1-11,14-16,19,22-24,27-28H/t14-,15+,16-,19-/m0/s1. The first-order valence-corrected chi connectivity index (χ1v) is 8.34. The molecule has 0 saturated carbocycles. The summed E-state index contributed by atoms with van der Waals surface area (Å²) in [7, 11) is 0. The summed E-state index contributed by atoms with van der Waals surface area (Å²) in [6, 6.07) is 14.2. The number of hydrogen-bond donors (Lipinski definition) is 5. The van der Waals surface area contributed by atoms with E-state index in [0.29, 0.717) is 0 Å². The SMILES string of the molecule is O=C[C@H](O)[C@@H](O)[C@H](O)[C@H](O)C(O)(C(=O)c1ccccc1)C(=O)c1ccccc1. The molecule has 0 unspecified atom stereocenters. The van der Waals surface area contributed by atoms with Crippen molar-refractivity contribution in [1.82, 2.24) is 0 Å². The van der Waals surface area contributed by atoms with Crippen molar-refractivity contribution >= 4 is 17.9 Å². The summed E-state index contributed by atoms with van der Waals surface area (Å²) >= 11 is 0. The van der Waals surface area contributed by atoms with E-state index in [1.165, 1.54) is 48.5 Å². The number of Topliss-reactive ketones (excluding diaryl/α,β-unsaturated/α-hetero) is 2. The average molecular weight is 388 g/mol. The Hall–Kier alpha value is -2.75. The molecule has 0 aliphatic heterocycles. The lowest BCUT2D eigenvalue weighted by Gasteiger charge is -2.35. The van der Waals surface area contributed by atoms with Gasteiger partial charge in [0.2, 0.25) is 17.2 Å². The third kappa shape index (κ3) is 4.06. The molecule has 0 bridgehead atoms. The molecular formula is C20H20O8. The second-order valence-electron chi connectivity index (χ2n) is 6.21. The van der Waals surface area contributed by atoms with Gasteiger partial charge in [-0.1, -0.05) is 60.7 Å². The number of carbonyl (C=O) groups is 3. The lowest BCUT2D eigenvalue weighted by molar-refractivity contribution is -0.149. The van der Waals surface area contributed by atoms with Gasteiger partial charge in [0.25, 0.3) is 0 Å². The van der Waals surface area contributed by atoms with Crippen molar-refractivity contribution in [3.63, 3.8) is 0 Å². The highest BCUT2D eigenvalue weighted by Crippen LogP contribution is 2.27. The number of carbonyl (C=O) groups excluding carboxylic acids is 3. The normalized spacial score (nSPS) is 15.9. The van der Waals surface area contributed by atoms with Crippen LogP contribution in [0, 0.1) is 0 Å². The Morgan fingerprint density at radius 2 is 1.14 bits per heavy atom. The second kappa shape index (κ2) is 8.96. The molecule has 0 aliphatic rings. The average Bonchev–Trinajstić information content (AvgIpc) is 2.76. The Morgan fingerprint density at radius 1 is 0.750 bits per heavy atom. The van der Waals surface area contributed by atoms with Crippen LogP contribution >= 0.6 is 0 Å². The van der Waals surface area contributed by atoms with Gasteiger partial charge in [0.05, 0.1) is 0 Å². The van der Waals surface area contributed by atoms with Crippen LogP contribution in [0.3, 0.4) is 0 Å². The number of aldehydes is 1. The van der Waals surface area contributed by atoms with Crippen molar-refractivity contribution < 1.29 is 39.9 Å². The summed E-state index contributed by atoms with van der Waals surface area (Å²) in [5, 5.41) is 50.8. The number of ketones is 2. The molecule has 5 N–H and O–H groups in total. The highest BCUT2D eigenvalue weighted by Gasteiger charge is 2.54. The van der Waals surface area contributed by atoms with Crippen LogP contribution in [0.2, 0.25) is 0 Å². The molecule has 0 radical (unpaired) electrons. The Balaban J connectivity index is 2.53. The van der Waals surface area contributed by atoms with E-state index in [4.69, 9.17) is 0 Å². The van der Waals surface area contributed by atoms with Crippen LogP contribution in [0.4, 0.5) is 0 Å². The zero-order valence-corrected chi connectivity index (χ0v) is 14.6. The molecule has 8 nitrogen and oxygen atoms in total. The summed E-state index contributed by atoms with van der Waals surface area (Å²) in [4.78, 5) is 36.5. The minimum atomic E-state index is -3.19. The Labute approximate surface area is 160 Å².